The van der Waals surface area contributed by atoms with E-state index < -0.39 is 0 Å². The van der Waals surface area contributed by atoms with Gasteiger partial charge < -0.3 is 0 Å². The molecule has 1 aliphatic rings. The van der Waals surface area contributed by atoms with Gasteiger partial charge in [-0.3, -0.25) is 4.79 Å². The van der Waals surface area contributed by atoms with E-state index in [-0.39, 0.29) is 5.78 Å². The van der Waals surface area contributed by atoms with Crippen molar-refractivity contribution in [3.05, 3.63) is 12.7 Å². The van der Waals surface area contributed by atoms with Crippen LogP contribution in [0.25, 0.3) is 0 Å². The first-order valence-corrected chi connectivity index (χ1v) is 3.98. The molecule has 1 heteroatoms. The summed E-state index contributed by atoms with van der Waals surface area (Å²) in [7, 11) is 0. The molecule has 1 rings (SSSR count). The van der Waals surface area contributed by atoms with Crippen LogP contribution < -0.4 is 0 Å². The maximum atomic E-state index is 10.7. The first-order valence-electron chi connectivity index (χ1n) is 3.98. The van der Waals surface area contributed by atoms with Crippen LogP contribution in [0.4, 0.5) is 0 Å². The van der Waals surface area contributed by atoms with Crippen LogP contribution >= 0.6 is 0 Å². The van der Waals surface area contributed by atoms with Crippen molar-refractivity contribution in [1.29, 1.82) is 0 Å². The van der Waals surface area contributed by atoms with Crippen LogP contribution in [0.2, 0.25) is 0 Å². The first-order chi connectivity index (χ1) is 4.83. The predicted molar refractivity (Wildman–Crippen MR) is 41.8 cm³/mol. The van der Waals surface area contributed by atoms with Gasteiger partial charge in [-0.15, -0.1) is 0 Å². The van der Waals surface area contributed by atoms with E-state index in [9.17, 15) is 4.79 Å². The van der Waals surface area contributed by atoms with E-state index in [0.29, 0.717) is 6.42 Å². The lowest BCUT2D eigenvalue weighted by Gasteiger charge is -2.24. The number of ketones is 1. The van der Waals surface area contributed by atoms with Crippen LogP contribution in [0.5, 0.6) is 0 Å². The Labute approximate surface area is 62.1 Å². The van der Waals surface area contributed by atoms with Gasteiger partial charge in [-0.05, 0) is 18.4 Å². The van der Waals surface area contributed by atoms with Crippen LogP contribution in [-0.4, -0.2) is 5.78 Å². The normalized spacial score (nSPS) is 18.0. The van der Waals surface area contributed by atoms with Crippen molar-refractivity contribution in [2.45, 2.75) is 32.1 Å². The Kier molecular flexibility index (Phi) is 2.67. The summed E-state index contributed by atoms with van der Waals surface area (Å²) in [5, 5.41) is 0. The molecule has 0 aromatic heterocycles. The number of carbonyl (C=O) groups excluding carboxylic acids is 1. The van der Waals surface area contributed by atoms with E-state index in [1.165, 1.54) is 25.3 Å². The zero-order valence-electron chi connectivity index (χ0n) is 6.31. The van der Waals surface area contributed by atoms with Crippen molar-refractivity contribution in [3.63, 3.8) is 0 Å². The van der Waals surface area contributed by atoms with Crippen molar-refractivity contribution in [2.75, 3.05) is 0 Å². The second-order valence-corrected chi connectivity index (χ2v) is 3.01. The molecule has 0 bridgehead atoms. The Morgan fingerprint density at radius 3 is 2.70 bits per heavy atom. The molecular weight excluding hydrogens is 124 g/mol. The maximum Gasteiger partial charge on any atom is 0.155 e. The van der Waals surface area contributed by atoms with Crippen LogP contribution in [0.15, 0.2) is 12.7 Å². The summed E-state index contributed by atoms with van der Waals surface area (Å²) >= 11 is 0. The molecule has 0 spiro atoms. The lowest BCUT2D eigenvalue weighted by Crippen LogP contribution is -2.11. The lowest BCUT2D eigenvalue weighted by molar-refractivity contribution is -0.115. The number of hydrogen-bond acceptors (Lipinski definition) is 1. The second-order valence-electron chi connectivity index (χ2n) is 3.01. The highest BCUT2D eigenvalue weighted by atomic mass is 16.1. The molecule has 0 radical (unpaired) electrons. The minimum atomic E-state index is 0.201. The second kappa shape index (κ2) is 3.55. The van der Waals surface area contributed by atoms with Gasteiger partial charge in [0.2, 0.25) is 0 Å². The minimum Gasteiger partial charge on any atom is -0.295 e. The third-order valence-corrected chi connectivity index (χ3v) is 2.25. The molecule has 56 valence electrons. The quantitative estimate of drug-likeness (QED) is 0.545. The highest BCUT2D eigenvalue weighted by Gasteiger charge is 2.17. The molecular formula is C9H14O. The van der Waals surface area contributed by atoms with Crippen molar-refractivity contribution in [3.8, 4) is 0 Å². The third kappa shape index (κ3) is 1.98. The smallest absolute Gasteiger partial charge is 0.155 e. The summed E-state index contributed by atoms with van der Waals surface area (Å²) in [6.07, 6.45) is 7.28. The molecule has 0 aliphatic heterocycles. The molecule has 0 saturated heterocycles. The van der Waals surface area contributed by atoms with Gasteiger partial charge in [0.25, 0.3) is 0 Å². The number of hydrogen-bond donors (Lipinski definition) is 0. The highest BCUT2D eigenvalue weighted by Crippen LogP contribution is 2.30. The Hall–Kier alpha value is -0.590. The molecule has 0 heterocycles. The molecule has 0 amide bonds. The lowest BCUT2D eigenvalue weighted by atomic mass is 9.82. The predicted octanol–water partition coefficient (Wildman–Crippen LogP) is 2.32. The van der Waals surface area contributed by atoms with Crippen molar-refractivity contribution >= 4 is 5.78 Å². The molecule has 0 unspecified atom stereocenters. The van der Waals surface area contributed by atoms with Gasteiger partial charge in [-0.1, -0.05) is 25.8 Å². The molecule has 0 atom stereocenters. The molecule has 0 N–H and O–H groups in total. The molecule has 1 saturated carbocycles. The van der Waals surface area contributed by atoms with Gasteiger partial charge in [0.1, 0.15) is 0 Å². The largest absolute Gasteiger partial charge is 0.295 e. The van der Waals surface area contributed by atoms with Gasteiger partial charge in [0.05, 0.1) is 0 Å². The molecule has 1 nitrogen and oxygen atoms in total. The molecule has 0 aromatic rings. The third-order valence-electron chi connectivity index (χ3n) is 2.25. The van der Waals surface area contributed by atoms with Crippen molar-refractivity contribution in [1.82, 2.24) is 0 Å². The van der Waals surface area contributed by atoms with E-state index in [1.807, 2.05) is 0 Å². The number of allylic oxidation sites excluding steroid dienone is 1. The first kappa shape index (κ1) is 7.52. The monoisotopic (exact) mass is 138 g/mol. The average Bonchev–Trinajstić information content (AvgIpc) is 1.84. The van der Waals surface area contributed by atoms with Crippen LogP contribution in [0.1, 0.15) is 32.1 Å². The Morgan fingerprint density at radius 2 is 2.30 bits per heavy atom. The van der Waals surface area contributed by atoms with Gasteiger partial charge >= 0.3 is 0 Å². The summed E-state index contributed by atoms with van der Waals surface area (Å²) in [5.41, 5.74) is 0. The minimum absolute atomic E-state index is 0.201. The summed E-state index contributed by atoms with van der Waals surface area (Å²) in [6.45, 7) is 3.43. The maximum absolute atomic E-state index is 10.7. The van der Waals surface area contributed by atoms with Crippen LogP contribution in [0, 0.1) is 5.92 Å². The highest BCUT2D eigenvalue weighted by molar-refractivity contribution is 5.88. The average molecular weight is 138 g/mol. The summed E-state index contributed by atoms with van der Waals surface area (Å²) in [6, 6.07) is 0. The summed E-state index contributed by atoms with van der Waals surface area (Å²) < 4.78 is 0. The van der Waals surface area contributed by atoms with Gasteiger partial charge in [-0.25, -0.2) is 0 Å². The molecule has 1 aliphatic carbocycles. The number of rotatable bonds is 4. The van der Waals surface area contributed by atoms with Gasteiger partial charge in [0, 0.05) is 6.42 Å². The van der Waals surface area contributed by atoms with Crippen LogP contribution in [-0.2, 0) is 4.79 Å². The van der Waals surface area contributed by atoms with E-state index in [1.54, 1.807) is 0 Å². The fourth-order valence-electron chi connectivity index (χ4n) is 1.23. The fraction of sp³-hybridized carbons (Fsp3) is 0.667. The van der Waals surface area contributed by atoms with E-state index in [2.05, 4.69) is 6.58 Å². The van der Waals surface area contributed by atoms with E-state index in [4.69, 9.17) is 0 Å². The van der Waals surface area contributed by atoms with E-state index >= 15 is 0 Å². The SMILES string of the molecule is C=CC(=O)CCC1CCC1. The Morgan fingerprint density at radius 1 is 1.60 bits per heavy atom. The van der Waals surface area contributed by atoms with E-state index in [0.717, 1.165) is 12.3 Å². The van der Waals surface area contributed by atoms with Crippen molar-refractivity contribution in [2.24, 2.45) is 5.92 Å². The Balaban J connectivity index is 2.03. The Bertz CT molecular complexity index is 134. The summed E-state index contributed by atoms with van der Waals surface area (Å²) in [5.74, 6) is 1.05. The molecule has 0 aromatic carbocycles. The molecule has 1 fully saturated rings. The molecule has 10 heavy (non-hydrogen) atoms. The standard InChI is InChI=1S/C9H14O/c1-2-9(10)7-6-8-4-3-5-8/h2,8H,1,3-7H2. The van der Waals surface area contributed by atoms with Crippen LogP contribution in [0.3, 0.4) is 0 Å². The number of carbonyl (C=O) groups is 1. The zero-order valence-corrected chi connectivity index (χ0v) is 6.31. The van der Waals surface area contributed by atoms with Gasteiger partial charge in [0.15, 0.2) is 5.78 Å². The topological polar surface area (TPSA) is 17.1 Å². The summed E-state index contributed by atoms with van der Waals surface area (Å²) in [4.78, 5) is 10.7. The van der Waals surface area contributed by atoms with Crippen molar-refractivity contribution < 1.29 is 4.79 Å². The van der Waals surface area contributed by atoms with Gasteiger partial charge in [-0.2, -0.15) is 0 Å². The fourth-order valence-corrected chi connectivity index (χ4v) is 1.23. The zero-order chi connectivity index (χ0) is 7.40.